The van der Waals surface area contributed by atoms with Crippen molar-refractivity contribution >= 4 is 33.9 Å². The van der Waals surface area contributed by atoms with E-state index in [1.54, 1.807) is 23.1 Å². The standard InChI is InChI=1S/C16H20N4S2/c1-11-5-6-13(9-12(11)2)18-14-19-20-15(22-14)21-8-7-16(3,4)10-17/h5-6,9H,7-8H2,1-4H3,(H,18,19). The highest BCUT2D eigenvalue weighted by Gasteiger charge is 2.16. The van der Waals surface area contributed by atoms with E-state index in [1.165, 1.54) is 11.1 Å². The molecule has 22 heavy (non-hydrogen) atoms. The van der Waals surface area contributed by atoms with Gasteiger partial charge in [-0.2, -0.15) is 5.26 Å². The third-order valence-corrected chi connectivity index (χ3v) is 5.39. The molecule has 1 heterocycles. The van der Waals surface area contributed by atoms with Crippen LogP contribution in [0.3, 0.4) is 0 Å². The highest BCUT2D eigenvalue weighted by atomic mass is 32.2. The molecule has 0 aliphatic carbocycles. The van der Waals surface area contributed by atoms with Crippen molar-refractivity contribution in [3.63, 3.8) is 0 Å². The van der Waals surface area contributed by atoms with E-state index in [9.17, 15) is 0 Å². The Morgan fingerprint density at radius 3 is 2.73 bits per heavy atom. The van der Waals surface area contributed by atoms with Crippen molar-refractivity contribution < 1.29 is 0 Å². The summed E-state index contributed by atoms with van der Waals surface area (Å²) in [6.45, 7) is 8.11. The summed E-state index contributed by atoms with van der Waals surface area (Å²) in [6, 6.07) is 8.57. The van der Waals surface area contributed by atoms with Gasteiger partial charge < -0.3 is 5.32 Å². The predicted octanol–water partition coefficient (Wildman–Crippen LogP) is 4.93. The van der Waals surface area contributed by atoms with Gasteiger partial charge in [0.05, 0.1) is 11.5 Å². The lowest BCUT2D eigenvalue weighted by Crippen LogP contribution is -2.08. The van der Waals surface area contributed by atoms with Gasteiger partial charge in [0.2, 0.25) is 5.13 Å². The zero-order valence-electron chi connectivity index (χ0n) is 13.3. The second-order valence-corrected chi connectivity index (χ2v) is 8.21. The van der Waals surface area contributed by atoms with Crippen molar-refractivity contribution in [3.8, 4) is 6.07 Å². The van der Waals surface area contributed by atoms with E-state index in [0.717, 1.165) is 27.3 Å². The predicted molar refractivity (Wildman–Crippen MR) is 93.8 cm³/mol. The number of aryl methyl sites for hydroxylation is 2. The summed E-state index contributed by atoms with van der Waals surface area (Å²) in [7, 11) is 0. The quantitative estimate of drug-likeness (QED) is 0.760. The molecule has 0 saturated heterocycles. The number of anilines is 2. The van der Waals surface area contributed by atoms with Crippen LogP contribution in [0.15, 0.2) is 22.5 Å². The fraction of sp³-hybridized carbons (Fsp3) is 0.438. The Morgan fingerprint density at radius 2 is 2.05 bits per heavy atom. The van der Waals surface area contributed by atoms with Gasteiger partial charge in [0.1, 0.15) is 0 Å². The molecule has 0 amide bonds. The first-order valence-corrected chi connectivity index (χ1v) is 8.92. The van der Waals surface area contributed by atoms with Crippen LogP contribution in [-0.2, 0) is 0 Å². The minimum Gasteiger partial charge on any atom is -0.330 e. The van der Waals surface area contributed by atoms with Gasteiger partial charge in [-0.05, 0) is 57.4 Å². The Balaban J connectivity index is 1.91. The van der Waals surface area contributed by atoms with E-state index >= 15 is 0 Å². The van der Waals surface area contributed by atoms with Crippen LogP contribution in [0.5, 0.6) is 0 Å². The van der Waals surface area contributed by atoms with Crippen molar-refractivity contribution in [3.05, 3.63) is 29.3 Å². The number of benzene rings is 1. The molecule has 1 aromatic heterocycles. The van der Waals surface area contributed by atoms with Crippen molar-refractivity contribution in [1.82, 2.24) is 10.2 Å². The SMILES string of the molecule is Cc1ccc(Nc2nnc(SCCC(C)(C)C#N)s2)cc1C. The average molecular weight is 332 g/mol. The lowest BCUT2D eigenvalue weighted by molar-refractivity contribution is 0.482. The van der Waals surface area contributed by atoms with Crippen LogP contribution in [0.2, 0.25) is 0 Å². The lowest BCUT2D eigenvalue weighted by Gasteiger charge is -2.12. The largest absolute Gasteiger partial charge is 0.330 e. The monoisotopic (exact) mass is 332 g/mol. The van der Waals surface area contributed by atoms with Gasteiger partial charge in [0, 0.05) is 11.4 Å². The second kappa shape index (κ2) is 7.12. The minimum atomic E-state index is -0.280. The number of nitrogens with zero attached hydrogens (tertiary/aromatic N) is 3. The topological polar surface area (TPSA) is 61.6 Å². The molecule has 0 spiro atoms. The van der Waals surface area contributed by atoms with Crippen LogP contribution in [0.1, 0.15) is 31.4 Å². The number of thioether (sulfide) groups is 1. The number of nitrogens with one attached hydrogen (secondary N) is 1. The Hall–Kier alpha value is -1.58. The van der Waals surface area contributed by atoms with Crippen molar-refractivity contribution in [2.24, 2.45) is 5.41 Å². The van der Waals surface area contributed by atoms with Gasteiger partial charge >= 0.3 is 0 Å². The van der Waals surface area contributed by atoms with Gasteiger partial charge in [0.25, 0.3) is 0 Å². The molecular formula is C16H20N4S2. The Bertz CT molecular complexity index is 686. The smallest absolute Gasteiger partial charge is 0.210 e. The molecule has 2 rings (SSSR count). The number of nitriles is 1. The first kappa shape index (κ1) is 16.8. The fourth-order valence-corrected chi connectivity index (χ4v) is 3.82. The lowest BCUT2D eigenvalue weighted by atomic mass is 9.93. The van der Waals surface area contributed by atoms with Gasteiger partial charge in [-0.3, -0.25) is 0 Å². The van der Waals surface area contributed by atoms with Gasteiger partial charge in [0.15, 0.2) is 4.34 Å². The fourth-order valence-electron chi connectivity index (χ4n) is 1.71. The number of hydrogen-bond acceptors (Lipinski definition) is 6. The zero-order valence-corrected chi connectivity index (χ0v) is 14.9. The molecule has 0 fully saturated rings. The van der Waals surface area contributed by atoms with E-state index < -0.39 is 0 Å². The normalized spacial score (nSPS) is 11.2. The molecule has 0 bridgehead atoms. The second-order valence-electron chi connectivity index (χ2n) is 5.89. The summed E-state index contributed by atoms with van der Waals surface area (Å²) in [5, 5.41) is 21.4. The van der Waals surface area contributed by atoms with Gasteiger partial charge in [-0.15, -0.1) is 10.2 Å². The van der Waals surface area contributed by atoms with Crippen molar-refractivity contribution in [2.45, 2.75) is 38.5 Å². The van der Waals surface area contributed by atoms with E-state index in [0.29, 0.717) is 0 Å². The number of aromatic nitrogens is 2. The van der Waals surface area contributed by atoms with E-state index in [4.69, 9.17) is 5.26 Å². The molecule has 1 N–H and O–H groups in total. The van der Waals surface area contributed by atoms with Crippen molar-refractivity contribution in [2.75, 3.05) is 11.1 Å². The van der Waals surface area contributed by atoms with Crippen molar-refractivity contribution in [1.29, 1.82) is 5.26 Å². The summed E-state index contributed by atoms with van der Waals surface area (Å²) in [5.74, 6) is 0.874. The first-order valence-electron chi connectivity index (χ1n) is 7.11. The van der Waals surface area contributed by atoms with Gasteiger partial charge in [-0.1, -0.05) is 29.2 Å². The summed E-state index contributed by atoms with van der Waals surface area (Å²) in [5.41, 5.74) is 3.28. The molecule has 0 aliphatic heterocycles. The summed E-state index contributed by atoms with van der Waals surface area (Å²) in [6.07, 6.45) is 0.841. The minimum absolute atomic E-state index is 0.280. The molecule has 0 atom stereocenters. The van der Waals surface area contributed by atoms with Crippen LogP contribution >= 0.6 is 23.1 Å². The molecule has 0 saturated carbocycles. The molecule has 0 unspecified atom stereocenters. The average Bonchev–Trinajstić information content (AvgIpc) is 2.90. The highest BCUT2D eigenvalue weighted by molar-refractivity contribution is 8.01. The molecule has 0 aliphatic rings. The molecule has 116 valence electrons. The van der Waals surface area contributed by atoms with Crippen LogP contribution in [0.25, 0.3) is 0 Å². The molecule has 0 radical (unpaired) electrons. The Labute approximate surface area is 140 Å². The molecule has 2 aromatic rings. The molecular weight excluding hydrogens is 312 g/mol. The van der Waals surface area contributed by atoms with Crippen LogP contribution in [-0.4, -0.2) is 16.0 Å². The number of hydrogen-bond donors (Lipinski definition) is 1. The van der Waals surface area contributed by atoms with E-state index in [1.807, 2.05) is 19.9 Å². The van der Waals surface area contributed by atoms with Crippen LogP contribution in [0.4, 0.5) is 10.8 Å². The Morgan fingerprint density at radius 1 is 1.27 bits per heavy atom. The van der Waals surface area contributed by atoms with E-state index in [2.05, 4.69) is 47.6 Å². The summed E-state index contributed by atoms with van der Waals surface area (Å²) in [4.78, 5) is 0. The Kier molecular flexibility index (Phi) is 5.43. The molecule has 6 heteroatoms. The summed E-state index contributed by atoms with van der Waals surface area (Å²) >= 11 is 3.20. The maximum Gasteiger partial charge on any atom is 0.210 e. The highest BCUT2D eigenvalue weighted by Crippen LogP contribution is 2.30. The van der Waals surface area contributed by atoms with Crippen LogP contribution < -0.4 is 5.32 Å². The zero-order chi connectivity index (χ0) is 16.2. The van der Waals surface area contributed by atoms with Gasteiger partial charge in [-0.25, -0.2) is 0 Å². The number of rotatable bonds is 6. The maximum absolute atomic E-state index is 9.01. The maximum atomic E-state index is 9.01. The first-order chi connectivity index (χ1) is 10.4. The summed E-state index contributed by atoms with van der Waals surface area (Å²) < 4.78 is 0.931. The molecule has 4 nitrogen and oxygen atoms in total. The van der Waals surface area contributed by atoms with Crippen LogP contribution in [0, 0.1) is 30.6 Å². The molecule has 1 aromatic carbocycles. The third-order valence-electron chi connectivity index (χ3n) is 3.42. The van der Waals surface area contributed by atoms with E-state index in [-0.39, 0.29) is 5.41 Å². The third kappa shape index (κ3) is 4.72.